The van der Waals surface area contributed by atoms with Gasteiger partial charge in [-0.3, -0.25) is 0 Å². The molecule has 0 heterocycles. The Hall–Kier alpha value is -1.81. The lowest BCUT2D eigenvalue weighted by Gasteiger charge is -2.29. The lowest BCUT2D eigenvalue weighted by molar-refractivity contribution is 0.310. The van der Waals surface area contributed by atoms with E-state index in [1.165, 1.54) is 48.5 Å². The van der Waals surface area contributed by atoms with Crippen molar-refractivity contribution in [3.8, 4) is 0 Å². The number of hydrogen-bond donors (Lipinski definition) is 2. The van der Waals surface area contributed by atoms with Crippen molar-refractivity contribution in [2.75, 3.05) is 0 Å². The van der Waals surface area contributed by atoms with Crippen LogP contribution in [0.15, 0.2) is 58.3 Å². The van der Waals surface area contributed by atoms with Gasteiger partial charge in [0.1, 0.15) is 5.82 Å². The van der Waals surface area contributed by atoms with Crippen LogP contribution in [0.3, 0.4) is 0 Å². The van der Waals surface area contributed by atoms with E-state index in [4.69, 9.17) is 0 Å². The Morgan fingerprint density at radius 1 is 0.867 bits per heavy atom. The van der Waals surface area contributed by atoms with Crippen LogP contribution in [-0.2, 0) is 20.0 Å². The maximum atomic E-state index is 13.1. The summed E-state index contributed by atoms with van der Waals surface area (Å²) in [5.41, 5.74) is 0.616. The second-order valence-corrected chi connectivity index (χ2v) is 11.3. The molecule has 9 heteroatoms. The minimum absolute atomic E-state index is 0.0332. The smallest absolute Gasteiger partial charge is 0.208 e. The van der Waals surface area contributed by atoms with E-state index in [-0.39, 0.29) is 21.8 Å². The van der Waals surface area contributed by atoms with Crippen molar-refractivity contribution in [2.24, 2.45) is 5.92 Å². The maximum absolute atomic E-state index is 13.1. The summed E-state index contributed by atoms with van der Waals surface area (Å²) in [4.78, 5) is -0.00717. The Kier molecular flexibility index (Phi) is 6.96. The summed E-state index contributed by atoms with van der Waals surface area (Å²) in [6, 6.07) is 10.0. The fraction of sp³-hybridized carbons (Fsp3) is 0.429. The highest BCUT2D eigenvalue weighted by molar-refractivity contribution is 7.90. The predicted octanol–water partition coefficient (Wildman–Crippen LogP) is 3.72. The molecule has 0 amide bonds. The number of rotatable bonds is 7. The molecule has 0 unspecified atom stereocenters. The minimum atomic E-state index is -3.87. The fourth-order valence-electron chi connectivity index (χ4n) is 3.68. The number of nitrogens with one attached hydrogen (secondary N) is 2. The first kappa shape index (κ1) is 22.9. The standard InChI is InChI=1S/C21H27FN2O4S2/c1-15-5-3-4-6-21(15)24-30(27,28)20-13-11-19(12-14-20)29(25,26)23-16(2)17-7-9-18(22)10-8-17/h7-16,21,23-24H,3-6H2,1-2H3/t15-,16-,21+/m0/s1. The van der Waals surface area contributed by atoms with Gasteiger partial charge in [-0.15, -0.1) is 0 Å². The van der Waals surface area contributed by atoms with Gasteiger partial charge in [-0.1, -0.05) is 31.9 Å². The molecule has 2 aromatic carbocycles. The van der Waals surface area contributed by atoms with Gasteiger partial charge < -0.3 is 0 Å². The van der Waals surface area contributed by atoms with Gasteiger partial charge in [-0.2, -0.15) is 0 Å². The van der Waals surface area contributed by atoms with Crippen LogP contribution in [0.5, 0.6) is 0 Å². The second kappa shape index (κ2) is 9.13. The van der Waals surface area contributed by atoms with Gasteiger partial charge in [0.25, 0.3) is 0 Å². The molecular weight excluding hydrogens is 427 g/mol. The molecule has 6 nitrogen and oxygen atoms in total. The van der Waals surface area contributed by atoms with Crippen LogP contribution in [-0.4, -0.2) is 22.9 Å². The molecule has 1 saturated carbocycles. The first-order valence-electron chi connectivity index (χ1n) is 9.99. The first-order chi connectivity index (χ1) is 14.1. The average molecular weight is 455 g/mol. The summed E-state index contributed by atoms with van der Waals surface area (Å²) >= 11 is 0. The van der Waals surface area contributed by atoms with Gasteiger partial charge in [-0.05, 0) is 67.6 Å². The Morgan fingerprint density at radius 3 is 1.97 bits per heavy atom. The molecule has 3 atom stereocenters. The van der Waals surface area contributed by atoms with E-state index in [1.54, 1.807) is 6.92 Å². The van der Waals surface area contributed by atoms with Crippen molar-refractivity contribution in [2.45, 2.75) is 61.4 Å². The van der Waals surface area contributed by atoms with Crippen LogP contribution in [0.1, 0.15) is 51.1 Å². The lowest BCUT2D eigenvalue weighted by atomic mass is 9.87. The monoisotopic (exact) mass is 454 g/mol. The van der Waals surface area contributed by atoms with Crippen molar-refractivity contribution in [1.29, 1.82) is 0 Å². The summed E-state index contributed by atoms with van der Waals surface area (Å²) in [7, 11) is -7.60. The molecule has 2 N–H and O–H groups in total. The van der Waals surface area contributed by atoms with Gasteiger partial charge in [0, 0.05) is 12.1 Å². The molecule has 0 radical (unpaired) electrons. The van der Waals surface area contributed by atoms with E-state index < -0.39 is 31.9 Å². The summed E-state index contributed by atoms with van der Waals surface area (Å²) in [6.45, 7) is 3.69. The van der Waals surface area contributed by atoms with Crippen molar-refractivity contribution in [3.05, 3.63) is 59.9 Å². The van der Waals surface area contributed by atoms with Crippen LogP contribution in [0.4, 0.5) is 4.39 Å². The van der Waals surface area contributed by atoms with E-state index >= 15 is 0 Å². The van der Waals surface area contributed by atoms with Gasteiger partial charge >= 0.3 is 0 Å². The summed E-state index contributed by atoms with van der Waals surface area (Å²) < 4.78 is 69.0. The predicted molar refractivity (Wildman–Crippen MR) is 113 cm³/mol. The molecule has 3 rings (SSSR count). The highest BCUT2D eigenvalue weighted by Gasteiger charge is 2.27. The molecule has 164 valence electrons. The molecule has 0 aliphatic heterocycles. The number of hydrogen-bond acceptors (Lipinski definition) is 4. The van der Waals surface area contributed by atoms with Crippen molar-refractivity contribution in [3.63, 3.8) is 0 Å². The van der Waals surface area contributed by atoms with E-state index in [0.29, 0.717) is 5.56 Å². The molecule has 30 heavy (non-hydrogen) atoms. The zero-order valence-electron chi connectivity index (χ0n) is 17.0. The van der Waals surface area contributed by atoms with E-state index in [2.05, 4.69) is 9.44 Å². The molecule has 0 saturated heterocycles. The van der Waals surface area contributed by atoms with Crippen molar-refractivity contribution < 1.29 is 21.2 Å². The zero-order valence-corrected chi connectivity index (χ0v) is 18.6. The average Bonchev–Trinajstić information content (AvgIpc) is 2.70. The fourth-order valence-corrected chi connectivity index (χ4v) is 6.29. The van der Waals surface area contributed by atoms with Crippen LogP contribution in [0, 0.1) is 11.7 Å². The van der Waals surface area contributed by atoms with E-state index in [0.717, 1.165) is 25.7 Å². The Labute approximate surface area is 178 Å². The third-order valence-corrected chi connectivity index (χ3v) is 8.63. The minimum Gasteiger partial charge on any atom is -0.208 e. The topological polar surface area (TPSA) is 92.3 Å². The Morgan fingerprint density at radius 2 is 1.40 bits per heavy atom. The number of sulfonamides is 2. The quantitative estimate of drug-likeness (QED) is 0.667. The third kappa shape index (κ3) is 5.46. The third-order valence-electron chi connectivity index (χ3n) is 5.56. The Bertz CT molecular complexity index is 1070. The lowest BCUT2D eigenvalue weighted by Crippen LogP contribution is -2.40. The van der Waals surface area contributed by atoms with Crippen molar-refractivity contribution in [1.82, 2.24) is 9.44 Å². The van der Waals surface area contributed by atoms with Crippen LogP contribution in [0.25, 0.3) is 0 Å². The van der Waals surface area contributed by atoms with Crippen LogP contribution < -0.4 is 9.44 Å². The highest BCUT2D eigenvalue weighted by atomic mass is 32.2. The van der Waals surface area contributed by atoms with Gasteiger partial charge in [0.05, 0.1) is 9.79 Å². The molecule has 1 aliphatic carbocycles. The number of halogens is 1. The molecule has 0 aromatic heterocycles. The summed E-state index contributed by atoms with van der Waals surface area (Å²) in [5.74, 6) is -0.132. The molecule has 0 spiro atoms. The van der Waals surface area contributed by atoms with E-state index in [1.807, 2.05) is 6.92 Å². The van der Waals surface area contributed by atoms with Gasteiger partial charge in [0.15, 0.2) is 0 Å². The van der Waals surface area contributed by atoms with Gasteiger partial charge in [0.2, 0.25) is 20.0 Å². The number of benzene rings is 2. The Balaban J connectivity index is 1.72. The van der Waals surface area contributed by atoms with Gasteiger partial charge in [-0.25, -0.2) is 30.7 Å². The highest BCUT2D eigenvalue weighted by Crippen LogP contribution is 2.26. The molecule has 1 fully saturated rings. The molecule has 2 aromatic rings. The summed E-state index contributed by atoms with van der Waals surface area (Å²) in [6.07, 6.45) is 3.89. The second-order valence-electron chi connectivity index (χ2n) is 7.86. The zero-order chi connectivity index (χ0) is 21.9. The van der Waals surface area contributed by atoms with Crippen LogP contribution in [0.2, 0.25) is 0 Å². The molecular formula is C21H27FN2O4S2. The largest absolute Gasteiger partial charge is 0.241 e. The van der Waals surface area contributed by atoms with E-state index in [9.17, 15) is 21.2 Å². The normalized spacial score (nSPS) is 21.3. The first-order valence-corrected chi connectivity index (χ1v) is 13.0. The summed E-state index contributed by atoms with van der Waals surface area (Å²) in [5, 5.41) is 0. The molecule has 0 bridgehead atoms. The van der Waals surface area contributed by atoms with Crippen molar-refractivity contribution >= 4 is 20.0 Å². The maximum Gasteiger partial charge on any atom is 0.241 e. The molecule has 1 aliphatic rings. The van der Waals surface area contributed by atoms with Crippen LogP contribution >= 0.6 is 0 Å². The SMILES string of the molecule is C[C@H](NS(=O)(=O)c1ccc(S(=O)(=O)N[C@@H]2CCCC[C@@H]2C)cc1)c1ccc(F)cc1.